The molecule has 0 spiro atoms. The predicted molar refractivity (Wildman–Crippen MR) is 101 cm³/mol. The maximum atomic E-state index is 12.9. The summed E-state index contributed by atoms with van der Waals surface area (Å²) in [7, 11) is -0.432. The van der Waals surface area contributed by atoms with Gasteiger partial charge in [-0.3, -0.25) is 4.79 Å². The Hall–Kier alpha value is -1.33. The Morgan fingerprint density at radius 1 is 1.20 bits per heavy atom. The summed E-state index contributed by atoms with van der Waals surface area (Å²) in [5.41, 5.74) is 2.00. The molecule has 2 fully saturated rings. The number of carbonyl (C=O) groups is 1. The maximum Gasteiger partial charge on any atom is 0.495 e. The van der Waals surface area contributed by atoms with Crippen LogP contribution in [0.25, 0.3) is 0 Å². The summed E-state index contributed by atoms with van der Waals surface area (Å²) in [5, 5.41) is 0. The number of hydrogen-bond acceptors (Lipinski definition) is 3. The standard InChI is InChI=1S/C20H30BNO3/c1-14-8-7-11-22(13-14)18(23)16-10-9-15(2)17(12-16)21-24-19(3,4)20(5,6)25-21/h9-10,12,14H,7-8,11,13H2,1-6H3. The summed E-state index contributed by atoms with van der Waals surface area (Å²) >= 11 is 0. The number of carbonyl (C=O) groups excluding carboxylic acids is 1. The first-order valence-corrected chi connectivity index (χ1v) is 9.36. The van der Waals surface area contributed by atoms with Crippen molar-refractivity contribution >= 4 is 18.5 Å². The van der Waals surface area contributed by atoms with Gasteiger partial charge in [0, 0.05) is 18.7 Å². The average molecular weight is 343 g/mol. The van der Waals surface area contributed by atoms with Crippen molar-refractivity contribution in [3.8, 4) is 0 Å². The van der Waals surface area contributed by atoms with Crippen LogP contribution in [0, 0.1) is 12.8 Å². The van der Waals surface area contributed by atoms with Gasteiger partial charge in [-0.2, -0.15) is 0 Å². The molecule has 2 aliphatic rings. The van der Waals surface area contributed by atoms with E-state index in [-0.39, 0.29) is 17.1 Å². The van der Waals surface area contributed by atoms with Crippen molar-refractivity contribution in [1.29, 1.82) is 0 Å². The molecule has 4 nitrogen and oxygen atoms in total. The lowest BCUT2D eigenvalue weighted by molar-refractivity contribution is 0.00578. The SMILES string of the molecule is Cc1ccc(C(=O)N2CCCC(C)C2)cc1B1OC(C)(C)C(C)(C)O1. The Kier molecular flexibility index (Phi) is 4.76. The molecule has 0 aliphatic carbocycles. The minimum atomic E-state index is -0.432. The Morgan fingerprint density at radius 2 is 1.84 bits per heavy atom. The van der Waals surface area contributed by atoms with Crippen LogP contribution in [-0.4, -0.2) is 42.2 Å². The smallest absolute Gasteiger partial charge is 0.399 e. The van der Waals surface area contributed by atoms with Gasteiger partial charge in [0.25, 0.3) is 5.91 Å². The molecule has 0 saturated carbocycles. The summed E-state index contributed by atoms with van der Waals surface area (Å²) in [4.78, 5) is 14.9. The lowest BCUT2D eigenvalue weighted by atomic mass is 9.75. The van der Waals surface area contributed by atoms with Gasteiger partial charge in [-0.05, 0) is 71.0 Å². The fourth-order valence-electron chi connectivity index (χ4n) is 3.55. The lowest BCUT2D eigenvalue weighted by Gasteiger charge is -2.32. The first kappa shape index (κ1) is 18.5. The first-order chi connectivity index (χ1) is 11.6. The number of amides is 1. The number of hydrogen-bond donors (Lipinski definition) is 0. The highest BCUT2D eigenvalue weighted by Crippen LogP contribution is 2.36. The number of piperidine rings is 1. The van der Waals surface area contributed by atoms with E-state index in [1.54, 1.807) is 0 Å². The molecule has 0 radical (unpaired) electrons. The van der Waals surface area contributed by atoms with E-state index >= 15 is 0 Å². The van der Waals surface area contributed by atoms with E-state index in [2.05, 4.69) is 6.92 Å². The van der Waals surface area contributed by atoms with Gasteiger partial charge in [0.05, 0.1) is 11.2 Å². The molecule has 1 unspecified atom stereocenters. The molecule has 1 aromatic carbocycles. The minimum Gasteiger partial charge on any atom is -0.399 e. The highest BCUT2D eigenvalue weighted by atomic mass is 16.7. The molecule has 1 aromatic rings. The number of nitrogens with zero attached hydrogens (tertiary/aromatic N) is 1. The molecule has 5 heteroatoms. The Morgan fingerprint density at radius 3 is 2.44 bits per heavy atom. The van der Waals surface area contributed by atoms with Gasteiger partial charge >= 0.3 is 7.12 Å². The van der Waals surface area contributed by atoms with Crippen LogP contribution < -0.4 is 5.46 Å². The Balaban J connectivity index is 1.85. The van der Waals surface area contributed by atoms with Crippen molar-refractivity contribution in [3.63, 3.8) is 0 Å². The second-order valence-corrected chi connectivity index (χ2v) is 8.66. The molecule has 2 saturated heterocycles. The molecule has 0 aromatic heterocycles. The zero-order chi connectivity index (χ0) is 18.4. The topological polar surface area (TPSA) is 38.8 Å². The number of likely N-dealkylation sites (tertiary alicyclic amines) is 1. The molecular weight excluding hydrogens is 313 g/mol. The molecule has 2 heterocycles. The van der Waals surface area contributed by atoms with Crippen LogP contribution in [0.5, 0.6) is 0 Å². The van der Waals surface area contributed by atoms with Crippen molar-refractivity contribution in [1.82, 2.24) is 4.90 Å². The summed E-state index contributed by atoms with van der Waals surface area (Å²) < 4.78 is 12.4. The van der Waals surface area contributed by atoms with Crippen LogP contribution in [0.1, 0.15) is 63.4 Å². The fourth-order valence-corrected chi connectivity index (χ4v) is 3.55. The second kappa shape index (κ2) is 6.44. The third-order valence-electron chi connectivity index (χ3n) is 5.98. The average Bonchev–Trinajstić information content (AvgIpc) is 2.75. The van der Waals surface area contributed by atoms with Gasteiger partial charge in [0.15, 0.2) is 0 Å². The van der Waals surface area contributed by atoms with Gasteiger partial charge in [0.2, 0.25) is 0 Å². The van der Waals surface area contributed by atoms with Crippen LogP contribution in [0.2, 0.25) is 0 Å². The zero-order valence-corrected chi connectivity index (χ0v) is 16.4. The van der Waals surface area contributed by atoms with Crippen molar-refractivity contribution in [2.24, 2.45) is 5.92 Å². The summed E-state index contributed by atoms with van der Waals surface area (Å²) in [6.07, 6.45) is 2.29. The van der Waals surface area contributed by atoms with Gasteiger partial charge < -0.3 is 14.2 Å². The largest absolute Gasteiger partial charge is 0.495 e. The molecule has 25 heavy (non-hydrogen) atoms. The van der Waals surface area contributed by atoms with E-state index in [0.29, 0.717) is 5.92 Å². The van der Waals surface area contributed by atoms with Gasteiger partial charge in [0.1, 0.15) is 0 Å². The van der Waals surface area contributed by atoms with Crippen LogP contribution in [-0.2, 0) is 9.31 Å². The summed E-state index contributed by atoms with van der Waals surface area (Å²) in [6, 6.07) is 5.88. The first-order valence-electron chi connectivity index (χ1n) is 9.36. The lowest BCUT2D eigenvalue weighted by Crippen LogP contribution is -2.41. The van der Waals surface area contributed by atoms with Gasteiger partial charge in [-0.1, -0.05) is 18.6 Å². The van der Waals surface area contributed by atoms with Crippen LogP contribution in [0.4, 0.5) is 0 Å². The molecular formula is C20H30BNO3. The van der Waals surface area contributed by atoms with Gasteiger partial charge in [-0.15, -0.1) is 0 Å². The highest BCUT2D eigenvalue weighted by molar-refractivity contribution is 6.62. The van der Waals surface area contributed by atoms with E-state index in [1.807, 2.05) is 57.7 Å². The van der Waals surface area contributed by atoms with Crippen LogP contribution in [0.3, 0.4) is 0 Å². The number of aryl methyl sites for hydroxylation is 1. The summed E-state index contributed by atoms with van der Waals surface area (Å²) in [5.74, 6) is 0.690. The molecule has 2 aliphatic heterocycles. The van der Waals surface area contributed by atoms with E-state index in [0.717, 1.165) is 36.1 Å². The normalized spacial score (nSPS) is 25.3. The molecule has 3 rings (SSSR count). The quantitative estimate of drug-likeness (QED) is 0.775. The third-order valence-corrected chi connectivity index (χ3v) is 5.98. The molecule has 1 atom stereocenters. The Labute approximate surface area is 152 Å². The monoisotopic (exact) mass is 343 g/mol. The van der Waals surface area contributed by atoms with E-state index in [1.165, 1.54) is 6.42 Å². The van der Waals surface area contributed by atoms with Crippen molar-refractivity contribution in [2.75, 3.05) is 13.1 Å². The molecule has 1 amide bonds. The third kappa shape index (κ3) is 3.49. The van der Waals surface area contributed by atoms with E-state index in [4.69, 9.17) is 9.31 Å². The van der Waals surface area contributed by atoms with E-state index in [9.17, 15) is 4.79 Å². The number of benzene rings is 1. The van der Waals surface area contributed by atoms with Crippen molar-refractivity contribution in [2.45, 2.75) is 65.6 Å². The molecule has 0 N–H and O–H groups in total. The zero-order valence-electron chi connectivity index (χ0n) is 16.4. The summed E-state index contributed by atoms with van der Waals surface area (Å²) in [6.45, 7) is 14.1. The fraction of sp³-hybridized carbons (Fsp3) is 0.650. The maximum absolute atomic E-state index is 12.9. The van der Waals surface area contributed by atoms with Crippen molar-refractivity contribution < 1.29 is 14.1 Å². The molecule has 136 valence electrons. The van der Waals surface area contributed by atoms with E-state index < -0.39 is 7.12 Å². The highest BCUT2D eigenvalue weighted by Gasteiger charge is 2.52. The number of rotatable bonds is 2. The minimum absolute atomic E-state index is 0.115. The van der Waals surface area contributed by atoms with Crippen LogP contribution >= 0.6 is 0 Å². The molecule has 0 bridgehead atoms. The van der Waals surface area contributed by atoms with Crippen LogP contribution in [0.15, 0.2) is 18.2 Å². The second-order valence-electron chi connectivity index (χ2n) is 8.66. The predicted octanol–water partition coefficient (Wildman–Crippen LogP) is 3.17. The van der Waals surface area contributed by atoms with Gasteiger partial charge in [-0.25, -0.2) is 0 Å². The van der Waals surface area contributed by atoms with Crippen molar-refractivity contribution in [3.05, 3.63) is 29.3 Å². The Bertz CT molecular complexity index is 655.